The number of carbonyl (C=O) groups is 2. The van der Waals surface area contributed by atoms with Crippen LogP contribution >= 0.6 is 11.6 Å². The van der Waals surface area contributed by atoms with Crippen molar-refractivity contribution in [3.05, 3.63) is 70.6 Å². The molecule has 1 saturated heterocycles. The number of carbonyl (C=O) groups excluding carboxylic acids is 2. The summed E-state index contributed by atoms with van der Waals surface area (Å²) in [6, 6.07) is 10.1. The lowest BCUT2D eigenvalue weighted by Gasteiger charge is -2.30. The average Bonchev–Trinajstić information content (AvgIpc) is 3.09. The van der Waals surface area contributed by atoms with Crippen molar-refractivity contribution in [1.29, 1.82) is 0 Å². The van der Waals surface area contributed by atoms with E-state index in [0.717, 1.165) is 29.9 Å². The highest BCUT2D eigenvalue weighted by Crippen LogP contribution is 2.35. The fourth-order valence-electron chi connectivity index (χ4n) is 4.09. The lowest BCUT2D eigenvalue weighted by Crippen LogP contribution is -2.36. The van der Waals surface area contributed by atoms with Gasteiger partial charge >= 0.3 is 0 Å². The second-order valence-electron chi connectivity index (χ2n) is 7.76. The summed E-state index contributed by atoms with van der Waals surface area (Å²) < 4.78 is 13.5. The summed E-state index contributed by atoms with van der Waals surface area (Å²) >= 11 is 5.85. The minimum Gasteiger partial charge on any atom is -0.351 e. The normalized spacial score (nSPS) is 18.6. The summed E-state index contributed by atoms with van der Waals surface area (Å²) in [4.78, 5) is 29.2. The molecule has 2 aliphatic heterocycles. The van der Waals surface area contributed by atoms with Crippen LogP contribution in [0.1, 0.15) is 24.0 Å². The van der Waals surface area contributed by atoms with Crippen LogP contribution in [0.25, 0.3) is 0 Å². The Kier molecular flexibility index (Phi) is 5.52. The van der Waals surface area contributed by atoms with E-state index in [1.165, 1.54) is 17.7 Å². The molecular formula is C23H23ClFN3O2. The maximum atomic E-state index is 13.5. The monoisotopic (exact) mass is 427 g/mol. The SMILES string of the molecule is C=C1CCc2cc(N3CCC(C(=O)NCc4cc(F)cc(Cl)c4)C3=O)ccc2N1C. The van der Waals surface area contributed by atoms with Gasteiger partial charge in [-0.05, 0) is 66.8 Å². The molecule has 2 heterocycles. The first kappa shape index (κ1) is 20.4. The van der Waals surface area contributed by atoms with Crippen LogP contribution in [0.5, 0.6) is 0 Å². The van der Waals surface area contributed by atoms with Crippen molar-refractivity contribution >= 4 is 34.8 Å². The molecule has 2 aromatic carbocycles. The first-order valence-electron chi connectivity index (χ1n) is 9.92. The third-order valence-electron chi connectivity index (χ3n) is 5.80. The zero-order chi connectivity index (χ0) is 21.4. The highest BCUT2D eigenvalue weighted by Gasteiger charge is 2.37. The van der Waals surface area contributed by atoms with Crippen LogP contribution in [0, 0.1) is 11.7 Å². The number of anilines is 2. The Balaban J connectivity index is 1.43. The summed E-state index contributed by atoms with van der Waals surface area (Å²) in [6.07, 6.45) is 2.22. The van der Waals surface area contributed by atoms with E-state index < -0.39 is 11.7 Å². The molecule has 5 nitrogen and oxygen atoms in total. The molecular weight excluding hydrogens is 405 g/mol. The second-order valence-corrected chi connectivity index (χ2v) is 8.20. The van der Waals surface area contributed by atoms with Crippen molar-refractivity contribution in [1.82, 2.24) is 5.32 Å². The fraction of sp³-hybridized carbons (Fsp3) is 0.304. The molecule has 2 amide bonds. The van der Waals surface area contributed by atoms with Crippen molar-refractivity contribution in [2.45, 2.75) is 25.8 Å². The molecule has 7 heteroatoms. The van der Waals surface area contributed by atoms with E-state index in [9.17, 15) is 14.0 Å². The highest BCUT2D eigenvalue weighted by molar-refractivity contribution is 6.30. The van der Waals surface area contributed by atoms with Gasteiger partial charge in [-0.1, -0.05) is 18.2 Å². The molecule has 0 bridgehead atoms. The summed E-state index contributed by atoms with van der Waals surface area (Å²) in [7, 11) is 1.99. The molecule has 2 aliphatic rings. The van der Waals surface area contributed by atoms with Crippen LogP contribution in [0.4, 0.5) is 15.8 Å². The second kappa shape index (κ2) is 8.11. The van der Waals surface area contributed by atoms with Gasteiger partial charge < -0.3 is 15.1 Å². The number of halogens is 2. The first-order valence-corrected chi connectivity index (χ1v) is 10.3. The Hall–Kier alpha value is -2.86. The number of nitrogens with one attached hydrogen (secondary N) is 1. The molecule has 1 unspecified atom stereocenters. The predicted molar refractivity (Wildman–Crippen MR) is 116 cm³/mol. The third kappa shape index (κ3) is 3.92. The summed E-state index contributed by atoms with van der Waals surface area (Å²) in [5, 5.41) is 3.00. The van der Waals surface area contributed by atoms with E-state index in [1.54, 1.807) is 11.0 Å². The molecule has 2 aromatic rings. The van der Waals surface area contributed by atoms with Gasteiger partial charge in [0.05, 0.1) is 0 Å². The number of rotatable bonds is 4. The van der Waals surface area contributed by atoms with Crippen molar-refractivity contribution in [3.63, 3.8) is 0 Å². The molecule has 4 rings (SSSR count). The molecule has 1 atom stereocenters. The first-order chi connectivity index (χ1) is 14.3. The zero-order valence-corrected chi connectivity index (χ0v) is 17.5. The van der Waals surface area contributed by atoms with Crippen LogP contribution in [0.2, 0.25) is 5.02 Å². The van der Waals surface area contributed by atoms with Crippen molar-refractivity contribution < 1.29 is 14.0 Å². The van der Waals surface area contributed by atoms with Crippen molar-refractivity contribution in [3.8, 4) is 0 Å². The minimum absolute atomic E-state index is 0.120. The smallest absolute Gasteiger partial charge is 0.239 e. The molecule has 156 valence electrons. The van der Waals surface area contributed by atoms with Gasteiger partial charge in [-0.25, -0.2) is 4.39 Å². The number of amides is 2. The van der Waals surface area contributed by atoms with Crippen LogP contribution in [0.15, 0.2) is 48.7 Å². The summed E-state index contributed by atoms with van der Waals surface area (Å²) in [6.45, 7) is 4.68. The molecule has 0 aromatic heterocycles. The van der Waals surface area contributed by atoms with Gasteiger partial charge in [0, 0.05) is 42.2 Å². The Morgan fingerprint density at radius 2 is 2.07 bits per heavy atom. The van der Waals surface area contributed by atoms with Crippen LogP contribution in [-0.2, 0) is 22.6 Å². The zero-order valence-electron chi connectivity index (χ0n) is 16.8. The van der Waals surface area contributed by atoms with Gasteiger partial charge in [0.2, 0.25) is 11.8 Å². The Morgan fingerprint density at radius 1 is 1.27 bits per heavy atom. The van der Waals surface area contributed by atoms with E-state index in [2.05, 4.69) is 16.8 Å². The van der Waals surface area contributed by atoms with Crippen LogP contribution in [-0.4, -0.2) is 25.4 Å². The van der Waals surface area contributed by atoms with Gasteiger partial charge in [-0.3, -0.25) is 9.59 Å². The van der Waals surface area contributed by atoms with Gasteiger partial charge in [0.1, 0.15) is 11.7 Å². The van der Waals surface area contributed by atoms with Crippen molar-refractivity contribution in [2.24, 2.45) is 5.92 Å². The maximum absolute atomic E-state index is 13.5. The van der Waals surface area contributed by atoms with E-state index in [1.807, 2.05) is 25.2 Å². The minimum atomic E-state index is -0.743. The van der Waals surface area contributed by atoms with Crippen LogP contribution < -0.4 is 15.1 Å². The molecule has 30 heavy (non-hydrogen) atoms. The number of aryl methyl sites for hydroxylation is 1. The van der Waals surface area contributed by atoms with Gasteiger partial charge in [0.15, 0.2) is 0 Å². The lowest BCUT2D eigenvalue weighted by molar-refractivity contribution is -0.132. The molecule has 0 saturated carbocycles. The largest absolute Gasteiger partial charge is 0.351 e. The van der Waals surface area contributed by atoms with E-state index >= 15 is 0 Å². The molecule has 1 N–H and O–H groups in total. The number of hydrogen-bond donors (Lipinski definition) is 1. The average molecular weight is 428 g/mol. The summed E-state index contributed by atoms with van der Waals surface area (Å²) in [5.74, 6) is -1.76. The lowest BCUT2D eigenvalue weighted by atomic mass is 9.99. The summed E-state index contributed by atoms with van der Waals surface area (Å²) in [5.41, 5.74) is 4.71. The number of allylic oxidation sites excluding steroid dienone is 1. The Morgan fingerprint density at radius 3 is 2.83 bits per heavy atom. The van der Waals surface area contributed by atoms with Gasteiger partial charge in [-0.2, -0.15) is 0 Å². The van der Waals surface area contributed by atoms with Crippen LogP contribution in [0.3, 0.4) is 0 Å². The Labute approximate surface area is 180 Å². The number of fused-ring (bicyclic) bond motifs is 1. The molecule has 0 aliphatic carbocycles. The number of hydrogen-bond acceptors (Lipinski definition) is 3. The maximum Gasteiger partial charge on any atom is 0.239 e. The topological polar surface area (TPSA) is 52.7 Å². The standard InChI is InChI=1S/C23H23ClFN3O2/c1-14-3-4-16-11-19(5-6-21(16)27(14)2)28-8-7-20(23(28)30)22(29)26-13-15-9-17(24)12-18(25)10-15/h5-6,9-12,20H,1,3-4,7-8,13H2,2H3,(H,26,29). The molecule has 0 radical (unpaired) electrons. The number of benzene rings is 2. The third-order valence-corrected chi connectivity index (χ3v) is 6.02. The van der Waals surface area contributed by atoms with E-state index in [-0.39, 0.29) is 23.4 Å². The van der Waals surface area contributed by atoms with E-state index in [4.69, 9.17) is 11.6 Å². The molecule has 0 spiro atoms. The highest BCUT2D eigenvalue weighted by atomic mass is 35.5. The number of nitrogens with zero attached hydrogens (tertiary/aromatic N) is 2. The fourth-order valence-corrected chi connectivity index (χ4v) is 4.33. The van der Waals surface area contributed by atoms with Gasteiger partial charge in [0.25, 0.3) is 0 Å². The van der Waals surface area contributed by atoms with Gasteiger partial charge in [-0.15, -0.1) is 0 Å². The van der Waals surface area contributed by atoms with E-state index in [0.29, 0.717) is 18.5 Å². The Bertz CT molecular complexity index is 1020. The quantitative estimate of drug-likeness (QED) is 0.749. The predicted octanol–water partition coefficient (Wildman–Crippen LogP) is 4.04. The molecule has 1 fully saturated rings. The van der Waals surface area contributed by atoms with Crippen molar-refractivity contribution in [2.75, 3.05) is 23.4 Å².